The Balaban J connectivity index is 1.67. The lowest BCUT2D eigenvalue weighted by molar-refractivity contribution is -0.115. The summed E-state index contributed by atoms with van der Waals surface area (Å²) in [4.78, 5) is 16.2. The van der Waals surface area contributed by atoms with Crippen LogP contribution in [0.1, 0.15) is 6.42 Å². The average Bonchev–Trinajstić information content (AvgIpc) is 3.00. The van der Waals surface area contributed by atoms with Crippen LogP contribution in [-0.4, -0.2) is 25.1 Å². The van der Waals surface area contributed by atoms with E-state index in [9.17, 15) is 17.6 Å². The summed E-state index contributed by atoms with van der Waals surface area (Å²) in [5.41, 5.74) is 0.471. The predicted molar refractivity (Wildman–Crippen MR) is 101 cm³/mol. The minimum absolute atomic E-state index is 0.0342. The number of sulfone groups is 1. The fourth-order valence-electron chi connectivity index (χ4n) is 2.16. The van der Waals surface area contributed by atoms with Crippen LogP contribution in [0.15, 0.2) is 41.3 Å². The summed E-state index contributed by atoms with van der Waals surface area (Å²) >= 11 is 13.2. The van der Waals surface area contributed by atoms with Gasteiger partial charge < -0.3 is 5.32 Å². The van der Waals surface area contributed by atoms with Gasteiger partial charge in [0.2, 0.25) is 5.91 Å². The Labute approximate surface area is 162 Å². The van der Waals surface area contributed by atoms with Crippen molar-refractivity contribution >= 4 is 65.6 Å². The highest BCUT2D eigenvalue weighted by atomic mass is 35.5. The number of carbonyl (C=O) groups excluding carboxylic acids is 1. The van der Waals surface area contributed by atoms with Crippen LogP contribution in [0.2, 0.25) is 10.0 Å². The number of hydrogen-bond acceptors (Lipinski definition) is 5. The minimum Gasteiger partial charge on any atom is -0.302 e. The molecule has 3 aromatic rings. The standard InChI is InChI=1S/C16H11Cl2FN2O3S2/c17-11-5-6-12-15(14(11)18)21-16(25-12)20-13(22)7-8-26(23,24)10-3-1-9(19)2-4-10/h1-6H,7-8H2,(H,20,21,22). The lowest BCUT2D eigenvalue weighted by atomic mass is 10.3. The van der Waals surface area contributed by atoms with Gasteiger partial charge in [0.1, 0.15) is 11.3 Å². The Morgan fingerprint density at radius 1 is 1.15 bits per heavy atom. The maximum Gasteiger partial charge on any atom is 0.227 e. The van der Waals surface area contributed by atoms with Gasteiger partial charge in [-0.2, -0.15) is 0 Å². The molecule has 1 N–H and O–H groups in total. The fraction of sp³-hybridized carbons (Fsp3) is 0.125. The lowest BCUT2D eigenvalue weighted by Gasteiger charge is -2.04. The number of anilines is 1. The van der Waals surface area contributed by atoms with Crippen molar-refractivity contribution in [3.05, 3.63) is 52.3 Å². The third-order valence-electron chi connectivity index (χ3n) is 3.47. The third kappa shape index (κ3) is 4.15. The molecule has 1 heterocycles. The second kappa shape index (κ2) is 7.48. The summed E-state index contributed by atoms with van der Waals surface area (Å²) in [6.45, 7) is 0. The molecule has 1 amide bonds. The van der Waals surface area contributed by atoms with Crippen LogP contribution in [0.3, 0.4) is 0 Å². The first-order valence-corrected chi connectivity index (χ1v) is 10.5. The first-order chi connectivity index (χ1) is 12.3. The number of thiazole rings is 1. The Bertz CT molecular complexity index is 1080. The second-order valence-electron chi connectivity index (χ2n) is 5.30. The normalized spacial score (nSPS) is 11.7. The molecule has 5 nitrogen and oxygen atoms in total. The van der Waals surface area contributed by atoms with Gasteiger partial charge in [0.05, 0.1) is 25.4 Å². The van der Waals surface area contributed by atoms with Crippen LogP contribution in [0.25, 0.3) is 10.2 Å². The van der Waals surface area contributed by atoms with Crippen molar-refractivity contribution in [2.75, 3.05) is 11.1 Å². The van der Waals surface area contributed by atoms with E-state index in [2.05, 4.69) is 10.3 Å². The molecule has 1 aromatic heterocycles. The number of hydrogen-bond donors (Lipinski definition) is 1. The molecule has 0 saturated heterocycles. The van der Waals surface area contributed by atoms with Crippen LogP contribution in [0.4, 0.5) is 9.52 Å². The van der Waals surface area contributed by atoms with Gasteiger partial charge in [-0.05, 0) is 36.4 Å². The van der Waals surface area contributed by atoms with Crippen molar-refractivity contribution in [3.8, 4) is 0 Å². The molecule has 0 spiro atoms. The second-order valence-corrected chi connectivity index (χ2v) is 9.22. The van der Waals surface area contributed by atoms with Crippen molar-refractivity contribution in [3.63, 3.8) is 0 Å². The van der Waals surface area contributed by atoms with E-state index in [0.717, 1.165) is 16.8 Å². The molecule has 0 aliphatic carbocycles. The molecular weight excluding hydrogens is 422 g/mol. The van der Waals surface area contributed by atoms with Crippen molar-refractivity contribution in [2.24, 2.45) is 0 Å². The summed E-state index contributed by atoms with van der Waals surface area (Å²) in [5, 5.41) is 3.50. The summed E-state index contributed by atoms with van der Waals surface area (Å²) in [6, 6.07) is 7.82. The molecular formula is C16H11Cl2FN2O3S2. The molecule has 0 aliphatic rings. The molecule has 26 heavy (non-hydrogen) atoms. The molecule has 3 rings (SSSR count). The van der Waals surface area contributed by atoms with Crippen LogP contribution in [-0.2, 0) is 14.6 Å². The van der Waals surface area contributed by atoms with E-state index >= 15 is 0 Å². The van der Waals surface area contributed by atoms with E-state index in [1.165, 1.54) is 23.5 Å². The van der Waals surface area contributed by atoms with Gasteiger partial charge in [0.25, 0.3) is 0 Å². The fourth-order valence-corrected chi connectivity index (χ4v) is 4.71. The molecule has 0 bridgehead atoms. The van der Waals surface area contributed by atoms with Gasteiger partial charge in [0.15, 0.2) is 15.0 Å². The zero-order valence-corrected chi connectivity index (χ0v) is 16.1. The van der Waals surface area contributed by atoms with Crippen LogP contribution >= 0.6 is 34.5 Å². The highest BCUT2D eigenvalue weighted by molar-refractivity contribution is 7.91. The molecule has 136 valence electrons. The highest BCUT2D eigenvalue weighted by Crippen LogP contribution is 2.35. The van der Waals surface area contributed by atoms with E-state index in [1.807, 2.05) is 0 Å². The first kappa shape index (κ1) is 19.0. The number of aromatic nitrogens is 1. The Morgan fingerprint density at radius 3 is 2.54 bits per heavy atom. The van der Waals surface area contributed by atoms with Crippen LogP contribution < -0.4 is 5.32 Å². The van der Waals surface area contributed by atoms with Crippen LogP contribution in [0, 0.1) is 5.82 Å². The lowest BCUT2D eigenvalue weighted by Crippen LogP contribution is -2.17. The van der Waals surface area contributed by atoms with E-state index in [-0.39, 0.29) is 11.3 Å². The monoisotopic (exact) mass is 432 g/mol. The van der Waals surface area contributed by atoms with E-state index in [4.69, 9.17) is 23.2 Å². The molecule has 0 radical (unpaired) electrons. The summed E-state index contributed by atoms with van der Waals surface area (Å²) in [7, 11) is -3.68. The zero-order chi connectivity index (χ0) is 18.9. The number of nitrogens with zero attached hydrogens (tertiary/aromatic N) is 1. The molecule has 2 aromatic carbocycles. The smallest absolute Gasteiger partial charge is 0.227 e. The third-order valence-corrected chi connectivity index (χ3v) is 6.93. The number of nitrogens with one attached hydrogen (secondary N) is 1. The van der Waals surface area contributed by atoms with E-state index in [1.54, 1.807) is 12.1 Å². The van der Waals surface area contributed by atoms with Gasteiger partial charge in [-0.1, -0.05) is 34.5 Å². The zero-order valence-electron chi connectivity index (χ0n) is 13.0. The maximum atomic E-state index is 12.9. The van der Waals surface area contributed by atoms with Gasteiger partial charge in [-0.15, -0.1) is 0 Å². The molecule has 0 unspecified atom stereocenters. The SMILES string of the molecule is O=C(CCS(=O)(=O)c1ccc(F)cc1)Nc1nc2c(Cl)c(Cl)ccc2s1. The number of rotatable bonds is 5. The predicted octanol–water partition coefficient (Wildman–Crippen LogP) is 4.54. The van der Waals surface area contributed by atoms with Crippen molar-refractivity contribution in [1.29, 1.82) is 0 Å². The van der Waals surface area contributed by atoms with Crippen molar-refractivity contribution < 1.29 is 17.6 Å². The van der Waals surface area contributed by atoms with Crippen molar-refractivity contribution in [1.82, 2.24) is 4.98 Å². The first-order valence-electron chi connectivity index (χ1n) is 7.29. The topological polar surface area (TPSA) is 76.1 Å². The van der Waals surface area contributed by atoms with E-state index < -0.39 is 27.3 Å². The Morgan fingerprint density at radius 2 is 1.85 bits per heavy atom. The van der Waals surface area contributed by atoms with Gasteiger partial charge in [-0.3, -0.25) is 4.79 Å². The number of amides is 1. The number of carbonyl (C=O) groups is 1. The maximum absolute atomic E-state index is 12.9. The Hall–Kier alpha value is -1.74. The highest BCUT2D eigenvalue weighted by Gasteiger charge is 2.18. The molecule has 0 aliphatic heterocycles. The van der Waals surface area contributed by atoms with Crippen LogP contribution in [0.5, 0.6) is 0 Å². The molecule has 10 heteroatoms. The largest absolute Gasteiger partial charge is 0.302 e. The van der Waals surface area contributed by atoms with Gasteiger partial charge in [-0.25, -0.2) is 17.8 Å². The summed E-state index contributed by atoms with van der Waals surface area (Å²) in [6.07, 6.45) is -0.260. The number of benzene rings is 2. The minimum atomic E-state index is -3.68. The molecule has 0 saturated carbocycles. The van der Waals surface area contributed by atoms with Gasteiger partial charge in [0, 0.05) is 6.42 Å². The van der Waals surface area contributed by atoms with Gasteiger partial charge >= 0.3 is 0 Å². The quantitative estimate of drug-likeness (QED) is 0.600. The average molecular weight is 433 g/mol. The number of halogens is 3. The van der Waals surface area contributed by atoms with Crippen molar-refractivity contribution in [2.45, 2.75) is 11.3 Å². The summed E-state index contributed by atoms with van der Waals surface area (Å²) < 4.78 is 38.0. The molecule has 0 fully saturated rings. The number of fused-ring (bicyclic) bond motifs is 1. The Kier molecular flexibility index (Phi) is 5.47. The molecule has 0 atom stereocenters. The van der Waals surface area contributed by atoms with E-state index in [0.29, 0.717) is 20.7 Å². The summed E-state index contributed by atoms with van der Waals surface area (Å²) in [5.74, 6) is -1.43.